The number of amides is 1. The summed E-state index contributed by atoms with van der Waals surface area (Å²) in [6, 6.07) is 13.1. The lowest BCUT2D eigenvalue weighted by Crippen LogP contribution is -2.30. The Hall–Kier alpha value is -4.65. The summed E-state index contributed by atoms with van der Waals surface area (Å²) in [4.78, 5) is 27.3. The van der Waals surface area contributed by atoms with Gasteiger partial charge >= 0.3 is 12.3 Å². The number of halogens is 3. The molecule has 4 rings (SSSR count). The number of hydrogen-bond donors (Lipinski definition) is 1. The first kappa shape index (κ1) is 25.4. The summed E-state index contributed by atoms with van der Waals surface area (Å²) in [6.07, 6.45) is 0.419. The molecular weight excluding hydrogens is 487 g/mol. The number of nitrogens with zero attached hydrogens (tertiary/aromatic N) is 3. The van der Waals surface area contributed by atoms with Crippen molar-refractivity contribution >= 4 is 23.3 Å². The molecule has 188 valence electrons. The average molecular weight is 507 g/mol. The maximum Gasteiger partial charge on any atom is 0.573 e. The van der Waals surface area contributed by atoms with Crippen molar-refractivity contribution in [3.05, 3.63) is 88.6 Å². The molecule has 37 heavy (non-hydrogen) atoms. The minimum atomic E-state index is -4.90. The second-order valence-electron chi connectivity index (χ2n) is 8.48. The van der Waals surface area contributed by atoms with Crippen LogP contribution in [0.1, 0.15) is 48.2 Å². The van der Waals surface area contributed by atoms with Gasteiger partial charge in [0.25, 0.3) is 5.78 Å². The van der Waals surface area contributed by atoms with Crippen molar-refractivity contribution in [2.24, 2.45) is 0 Å². The number of aliphatic hydroxyl groups excluding tert-OH is 1. The van der Waals surface area contributed by atoms with Crippen molar-refractivity contribution < 1.29 is 32.6 Å². The molecule has 7 nitrogen and oxygen atoms in total. The molecule has 1 saturated heterocycles. The topological polar surface area (TPSA) is 92.6 Å². The van der Waals surface area contributed by atoms with Gasteiger partial charge in [0, 0.05) is 5.56 Å². The van der Waals surface area contributed by atoms with Crippen LogP contribution in [-0.2, 0) is 9.59 Å². The highest BCUT2D eigenvalue weighted by Gasteiger charge is 2.47. The third kappa shape index (κ3) is 5.16. The van der Waals surface area contributed by atoms with E-state index in [0.29, 0.717) is 0 Å². The van der Waals surface area contributed by atoms with Crippen molar-refractivity contribution in [3.63, 3.8) is 0 Å². The average Bonchev–Trinajstić information content (AvgIpc) is 3.13. The maximum atomic E-state index is 13.2. The number of aromatic nitrogens is 2. The van der Waals surface area contributed by atoms with Crippen molar-refractivity contribution in [3.8, 4) is 18.1 Å². The summed E-state index contributed by atoms with van der Waals surface area (Å²) in [5.41, 5.74) is 1.46. The zero-order valence-corrected chi connectivity index (χ0v) is 19.7. The summed E-state index contributed by atoms with van der Waals surface area (Å²) < 4.78 is 41.8. The molecule has 3 aromatic rings. The van der Waals surface area contributed by atoms with Gasteiger partial charge in [-0.25, -0.2) is 0 Å². The number of Topliss-reactive ketones (excluding diaryl/α,β-unsaturated/α-hetero) is 1. The van der Waals surface area contributed by atoms with Crippen LogP contribution < -0.4 is 9.64 Å². The normalized spacial score (nSPS) is 17.2. The number of terminal acetylenes is 1. The number of rotatable bonds is 5. The summed E-state index contributed by atoms with van der Waals surface area (Å²) >= 11 is 0. The van der Waals surface area contributed by atoms with Gasteiger partial charge in [0.05, 0.1) is 11.6 Å². The molecule has 0 saturated carbocycles. The Morgan fingerprint density at radius 3 is 2.19 bits per heavy atom. The van der Waals surface area contributed by atoms with Crippen LogP contribution in [0.15, 0.2) is 66.2 Å². The third-order valence-corrected chi connectivity index (χ3v) is 5.77. The van der Waals surface area contributed by atoms with Gasteiger partial charge < -0.3 is 9.84 Å². The highest BCUT2D eigenvalue weighted by molar-refractivity contribution is 6.51. The van der Waals surface area contributed by atoms with Gasteiger partial charge in [-0.15, -0.1) is 29.8 Å². The minimum Gasteiger partial charge on any atom is -0.507 e. The molecule has 1 amide bonds. The smallest absolute Gasteiger partial charge is 0.507 e. The third-order valence-electron chi connectivity index (χ3n) is 5.77. The first-order valence-corrected chi connectivity index (χ1v) is 11.1. The van der Waals surface area contributed by atoms with Crippen molar-refractivity contribution in [1.82, 2.24) is 10.2 Å². The Morgan fingerprint density at radius 1 is 1.03 bits per heavy atom. The van der Waals surface area contributed by atoms with Crippen molar-refractivity contribution in [2.45, 2.75) is 32.2 Å². The van der Waals surface area contributed by atoms with Crippen LogP contribution in [0.5, 0.6) is 5.75 Å². The van der Waals surface area contributed by atoms with Crippen LogP contribution in [-0.4, -0.2) is 33.4 Å². The number of carbonyl (C=O) groups excluding carboxylic acids is 2. The van der Waals surface area contributed by atoms with Gasteiger partial charge in [-0.05, 0) is 47.2 Å². The minimum absolute atomic E-state index is 0.0316. The number of alkyl halides is 3. The second kappa shape index (κ2) is 9.78. The van der Waals surface area contributed by atoms with Crippen LogP contribution in [0.25, 0.3) is 5.76 Å². The maximum absolute atomic E-state index is 13.2. The van der Waals surface area contributed by atoms with Gasteiger partial charge in [-0.2, -0.15) is 0 Å². The Morgan fingerprint density at radius 2 is 1.68 bits per heavy atom. The monoisotopic (exact) mass is 507 g/mol. The molecule has 0 spiro atoms. The van der Waals surface area contributed by atoms with Crippen LogP contribution in [0.3, 0.4) is 0 Å². The lowest BCUT2D eigenvalue weighted by molar-refractivity contribution is -0.274. The van der Waals surface area contributed by atoms with E-state index in [-0.39, 0.29) is 34.1 Å². The van der Waals surface area contributed by atoms with Gasteiger partial charge in [0.2, 0.25) is 0 Å². The van der Waals surface area contributed by atoms with Gasteiger partial charge in [-0.3, -0.25) is 14.5 Å². The quantitative estimate of drug-likeness (QED) is 0.223. The standard InChI is InChI=1S/C27H20F3N3O4/c1-4-19-11-14-21(32-31-19)33-23(17-9-12-20(13-10-17)37-27(28,29)30)22(25(35)26(33)36)24(34)18-7-5-16(6-8-18)15(2)3/h1,5-15,23,34H,2-3H3. The number of benzene rings is 2. The Kier molecular flexibility index (Phi) is 6.72. The summed E-state index contributed by atoms with van der Waals surface area (Å²) in [7, 11) is 0. The second-order valence-corrected chi connectivity index (χ2v) is 8.48. The van der Waals surface area contributed by atoms with Gasteiger partial charge in [0.1, 0.15) is 17.2 Å². The molecular formula is C27H20F3N3O4. The molecule has 0 aliphatic carbocycles. The first-order valence-electron chi connectivity index (χ1n) is 11.1. The highest BCUT2D eigenvalue weighted by Crippen LogP contribution is 2.42. The number of ketones is 1. The highest BCUT2D eigenvalue weighted by atomic mass is 19.4. The fourth-order valence-corrected chi connectivity index (χ4v) is 3.95. The van der Waals surface area contributed by atoms with Gasteiger partial charge in [-0.1, -0.05) is 50.2 Å². The molecule has 2 heterocycles. The van der Waals surface area contributed by atoms with Crippen LogP contribution in [0.2, 0.25) is 0 Å². The molecule has 1 N–H and O–H groups in total. The lowest BCUT2D eigenvalue weighted by Gasteiger charge is -2.24. The number of carbonyl (C=O) groups is 2. The zero-order chi connectivity index (χ0) is 26.9. The van der Waals surface area contributed by atoms with Crippen molar-refractivity contribution in [1.29, 1.82) is 0 Å². The Labute approximate surface area is 210 Å². The fraction of sp³-hybridized carbons (Fsp3) is 0.185. The predicted octanol–water partition coefficient (Wildman–Crippen LogP) is 5.11. The fourth-order valence-electron chi connectivity index (χ4n) is 3.95. The molecule has 0 radical (unpaired) electrons. The number of anilines is 1. The van der Waals surface area contributed by atoms with E-state index in [2.05, 4.69) is 20.9 Å². The summed E-state index contributed by atoms with van der Waals surface area (Å²) in [6.45, 7) is 4.00. The van der Waals surface area contributed by atoms with Crippen LogP contribution in [0, 0.1) is 12.3 Å². The lowest BCUT2D eigenvalue weighted by atomic mass is 9.94. The number of aliphatic hydroxyl groups is 1. The van der Waals surface area contributed by atoms with Crippen LogP contribution in [0.4, 0.5) is 19.0 Å². The SMILES string of the molecule is C#Cc1ccc(N2C(=O)C(=O)C(=C(O)c3ccc(C(C)C)cc3)C2c2ccc(OC(F)(F)F)cc2)nn1. The van der Waals surface area contributed by atoms with Crippen molar-refractivity contribution in [2.75, 3.05) is 4.90 Å². The van der Waals surface area contributed by atoms with E-state index in [4.69, 9.17) is 6.42 Å². The molecule has 0 bridgehead atoms. The van der Waals surface area contributed by atoms with E-state index >= 15 is 0 Å². The Balaban J connectivity index is 1.86. The molecule has 1 aliphatic rings. The number of ether oxygens (including phenoxy) is 1. The van der Waals surface area contributed by atoms with Crippen LogP contribution >= 0.6 is 0 Å². The van der Waals surface area contributed by atoms with E-state index in [1.165, 1.54) is 24.3 Å². The van der Waals surface area contributed by atoms with E-state index in [1.54, 1.807) is 24.3 Å². The van der Waals surface area contributed by atoms with Gasteiger partial charge in [0.15, 0.2) is 5.82 Å². The number of hydrogen-bond acceptors (Lipinski definition) is 6. The zero-order valence-electron chi connectivity index (χ0n) is 19.7. The molecule has 1 fully saturated rings. The molecule has 10 heteroatoms. The molecule has 2 aromatic carbocycles. The Bertz CT molecular complexity index is 1410. The summed E-state index contributed by atoms with van der Waals surface area (Å²) in [5.74, 6) is -0.430. The first-order chi connectivity index (χ1) is 17.5. The van der Waals surface area contributed by atoms with E-state index in [9.17, 15) is 27.9 Å². The molecule has 1 aromatic heterocycles. The van der Waals surface area contributed by atoms with E-state index in [1.807, 2.05) is 13.8 Å². The largest absolute Gasteiger partial charge is 0.573 e. The van der Waals surface area contributed by atoms with E-state index < -0.39 is 35.6 Å². The summed E-state index contributed by atoms with van der Waals surface area (Å²) in [5, 5.41) is 18.9. The predicted molar refractivity (Wildman–Crippen MR) is 128 cm³/mol. The molecule has 1 aliphatic heterocycles. The van der Waals surface area contributed by atoms with E-state index in [0.717, 1.165) is 22.6 Å². The molecule has 1 atom stereocenters. The molecule has 1 unspecified atom stereocenters.